The number of ether oxygens (including phenoxy) is 2. The number of hydrogen-bond donors (Lipinski definition) is 2. The average Bonchev–Trinajstić information content (AvgIpc) is 2.47. The van der Waals surface area contributed by atoms with Crippen molar-refractivity contribution < 1.29 is 19.1 Å². The standard InChI is InChI=1S/C14H19N3O4/c1-2-21-14(19)10-7-9(15)3-4-11(10)17-5-6-20-8-12(17)13(16)18/h3-4,7,12H,2,5-6,8,15H2,1H3,(H2,16,18). The summed E-state index contributed by atoms with van der Waals surface area (Å²) in [7, 11) is 0. The van der Waals surface area contributed by atoms with Crippen LogP contribution in [0.15, 0.2) is 18.2 Å². The molecule has 0 bridgehead atoms. The van der Waals surface area contributed by atoms with E-state index in [1.54, 1.807) is 30.0 Å². The molecule has 1 aromatic rings. The molecule has 7 nitrogen and oxygen atoms in total. The first kappa shape index (κ1) is 15.1. The van der Waals surface area contributed by atoms with Crippen LogP contribution >= 0.6 is 0 Å². The van der Waals surface area contributed by atoms with Gasteiger partial charge in [-0.15, -0.1) is 0 Å². The fourth-order valence-corrected chi connectivity index (χ4v) is 2.30. The number of anilines is 2. The zero-order valence-corrected chi connectivity index (χ0v) is 11.9. The van der Waals surface area contributed by atoms with Crippen molar-refractivity contribution in [3.8, 4) is 0 Å². The largest absolute Gasteiger partial charge is 0.462 e. The molecule has 1 fully saturated rings. The maximum Gasteiger partial charge on any atom is 0.340 e. The van der Waals surface area contributed by atoms with E-state index in [-0.39, 0.29) is 13.2 Å². The van der Waals surface area contributed by atoms with E-state index in [0.29, 0.717) is 30.1 Å². The third-order valence-electron chi connectivity index (χ3n) is 3.28. The summed E-state index contributed by atoms with van der Waals surface area (Å²) < 4.78 is 10.3. The van der Waals surface area contributed by atoms with E-state index in [9.17, 15) is 9.59 Å². The van der Waals surface area contributed by atoms with Gasteiger partial charge in [0.2, 0.25) is 5.91 Å². The van der Waals surface area contributed by atoms with Crippen LogP contribution in [0.3, 0.4) is 0 Å². The lowest BCUT2D eigenvalue weighted by Gasteiger charge is -2.36. The van der Waals surface area contributed by atoms with Gasteiger partial charge in [-0.25, -0.2) is 4.79 Å². The lowest BCUT2D eigenvalue weighted by Crippen LogP contribution is -2.53. The van der Waals surface area contributed by atoms with E-state index in [4.69, 9.17) is 20.9 Å². The van der Waals surface area contributed by atoms with Crippen LogP contribution < -0.4 is 16.4 Å². The molecule has 4 N–H and O–H groups in total. The van der Waals surface area contributed by atoms with Gasteiger partial charge in [0.05, 0.1) is 31.1 Å². The Labute approximate surface area is 122 Å². The van der Waals surface area contributed by atoms with Crippen LogP contribution in [0.1, 0.15) is 17.3 Å². The number of carbonyl (C=O) groups excluding carboxylic acids is 2. The van der Waals surface area contributed by atoms with Crippen LogP contribution in [0, 0.1) is 0 Å². The molecular weight excluding hydrogens is 274 g/mol. The molecule has 0 radical (unpaired) electrons. The Morgan fingerprint density at radius 3 is 2.90 bits per heavy atom. The number of rotatable bonds is 4. The van der Waals surface area contributed by atoms with Crippen molar-refractivity contribution >= 4 is 23.3 Å². The lowest BCUT2D eigenvalue weighted by atomic mass is 10.1. The zero-order chi connectivity index (χ0) is 15.4. The van der Waals surface area contributed by atoms with E-state index >= 15 is 0 Å². The van der Waals surface area contributed by atoms with Gasteiger partial charge < -0.3 is 25.8 Å². The van der Waals surface area contributed by atoms with Crippen molar-refractivity contribution in [2.75, 3.05) is 37.0 Å². The summed E-state index contributed by atoms with van der Waals surface area (Å²) in [5.74, 6) is -0.976. The third-order valence-corrected chi connectivity index (χ3v) is 3.28. The first-order chi connectivity index (χ1) is 10.0. The summed E-state index contributed by atoms with van der Waals surface area (Å²) in [5.41, 5.74) is 12.5. The van der Waals surface area contributed by atoms with E-state index in [1.165, 1.54) is 0 Å². The van der Waals surface area contributed by atoms with Crippen LogP contribution in [-0.4, -0.2) is 44.3 Å². The van der Waals surface area contributed by atoms with Gasteiger partial charge in [-0.2, -0.15) is 0 Å². The van der Waals surface area contributed by atoms with Crippen molar-refractivity contribution in [1.29, 1.82) is 0 Å². The minimum absolute atomic E-state index is 0.196. The number of primary amides is 1. The van der Waals surface area contributed by atoms with Gasteiger partial charge in [0.25, 0.3) is 0 Å². The molecule has 1 unspecified atom stereocenters. The van der Waals surface area contributed by atoms with Crippen molar-refractivity contribution in [1.82, 2.24) is 0 Å². The van der Waals surface area contributed by atoms with E-state index in [0.717, 1.165) is 0 Å². The average molecular weight is 293 g/mol. The molecule has 1 atom stereocenters. The molecule has 0 aliphatic carbocycles. The number of esters is 1. The minimum atomic E-state index is -0.615. The van der Waals surface area contributed by atoms with Gasteiger partial charge in [0.1, 0.15) is 6.04 Å². The van der Waals surface area contributed by atoms with Crippen LogP contribution in [0.25, 0.3) is 0 Å². The van der Waals surface area contributed by atoms with Crippen molar-refractivity contribution in [3.05, 3.63) is 23.8 Å². The summed E-state index contributed by atoms with van der Waals surface area (Å²) in [6.07, 6.45) is 0. The Kier molecular flexibility index (Phi) is 4.64. The predicted octanol–water partition coefficient (Wildman–Crippen LogP) is 0.136. The molecule has 1 aliphatic rings. The topological polar surface area (TPSA) is 108 Å². The SMILES string of the molecule is CCOC(=O)c1cc(N)ccc1N1CCOCC1C(N)=O. The molecule has 1 saturated heterocycles. The molecule has 21 heavy (non-hydrogen) atoms. The Morgan fingerprint density at radius 2 is 2.24 bits per heavy atom. The Bertz CT molecular complexity index is 547. The predicted molar refractivity (Wildman–Crippen MR) is 78.0 cm³/mol. The number of nitrogens with two attached hydrogens (primary N) is 2. The first-order valence-corrected chi connectivity index (χ1v) is 6.75. The highest BCUT2D eigenvalue weighted by atomic mass is 16.5. The highest BCUT2D eigenvalue weighted by Gasteiger charge is 2.30. The van der Waals surface area contributed by atoms with Gasteiger partial charge in [-0.05, 0) is 25.1 Å². The van der Waals surface area contributed by atoms with Crippen LogP contribution in [0.4, 0.5) is 11.4 Å². The molecule has 114 valence electrons. The second kappa shape index (κ2) is 6.45. The van der Waals surface area contributed by atoms with Gasteiger partial charge in [0.15, 0.2) is 0 Å². The fraction of sp³-hybridized carbons (Fsp3) is 0.429. The summed E-state index contributed by atoms with van der Waals surface area (Å²) in [5, 5.41) is 0. The summed E-state index contributed by atoms with van der Waals surface area (Å²) in [4.78, 5) is 25.4. The number of nitrogens with zero attached hydrogens (tertiary/aromatic N) is 1. The third kappa shape index (κ3) is 3.25. The molecular formula is C14H19N3O4. The number of morpholine rings is 1. The molecule has 1 aromatic carbocycles. The number of hydrogen-bond acceptors (Lipinski definition) is 6. The summed E-state index contributed by atoms with van der Waals surface area (Å²) in [6, 6.07) is 4.30. The van der Waals surface area contributed by atoms with Crippen molar-refractivity contribution in [3.63, 3.8) is 0 Å². The number of nitrogen functional groups attached to an aromatic ring is 1. The second-order valence-electron chi connectivity index (χ2n) is 4.68. The van der Waals surface area contributed by atoms with E-state index < -0.39 is 17.9 Å². The highest BCUT2D eigenvalue weighted by Crippen LogP contribution is 2.27. The molecule has 1 heterocycles. The Balaban J connectivity index is 2.41. The van der Waals surface area contributed by atoms with Crippen molar-refractivity contribution in [2.24, 2.45) is 5.73 Å². The Morgan fingerprint density at radius 1 is 1.48 bits per heavy atom. The molecule has 2 rings (SSSR count). The Hall–Kier alpha value is -2.28. The molecule has 0 spiro atoms. The normalized spacial score (nSPS) is 18.3. The molecule has 7 heteroatoms. The quantitative estimate of drug-likeness (QED) is 0.603. The molecule has 1 aliphatic heterocycles. The van der Waals surface area contributed by atoms with Gasteiger partial charge in [-0.3, -0.25) is 4.79 Å². The molecule has 0 saturated carbocycles. The summed E-state index contributed by atoms with van der Waals surface area (Å²) >= 11 is 0. The number of benzene rings is 1. The van der Waals surface area contributed by atoms with Gasteiger partial charge in [0, 0.05) is 12.2 Å². The highest BCUT2D eigenvalue weighted by molar-refractivity contribution is 5.98. The monoisotopic (exact) mass is 293 g/mol. The zero-order valence-electron chi connectivity index (χ0n) is 11.9. The lowest BCUT2D eigenvalue weighted by molar-refractivity contribution is -0.121. The maximum atomic E-state index is 12.1. The van der Waals surface area contributed by atoms with Gasteiger partial charge >= 0.3 is 5.97 Å². The van der Waals surface area contributed by atoms with E-state index in [1.807, 2.05) is 0 Å². The molecule has 0 aromatic heterocycles. The summed E-state index contributed by atoms with van der Waals surface area (Å²) in [6.45, 7) is 3.10. The number of carbonyl (C=O) groups is 2. The minimum Gasteiger partial charge on any atom is -0.462 e. The van der Waals surface area contributed by atoms with Crippen LogP contribution in [0.5, 0.6) is 0 Å². The number of amides is 1. The smallest absolute Gasteiger partial charge is 0.340 e. The maximum absolute atomic E-state index is 12.1. The second-order valence-corrected chi connectivity index (χ2v) is 4.68. The van der Waals surface area contributed by atoms with Crippen LogP contribution in [0.2, 0.25) is 0 Å². The van der Waals surface area contributed by atoms with Gasteiger partial charge in [-0.1, -0.05) is 0 Å². The van der Waals surface area contributed by atoms with Crippen LogP contribution in [-0.2, 0) is 14.3 Å². The fourth-order valence-electron chi connectivity index (χ4n) is 2.30. The molecule has 1 amide bonds. The first-order valence-electron chi connectivity index (χ1n) is 6.75. The van der Waals surface area contributed by atoms with Crippen molar-refractivity contribution in [2.45, 2.75) is 13.0 Å². The van der Waals surface area contributed by atoms with E-state index in [2.05, 4.69) is 0 Å².